The smallest absolute Gasteiger partial charge is 0.111 e. The fourth-order valence-corrected chi connectivity index (χ4v) is 4.15. The van der Waals surface area contributed by atoms with E-state index in [2.05, 4.69) is 29.6 Å². The van der Waals surface area contributed by atoms with Crippen LogP contribution < -0.4 is 5.32 Å². The minimum Gasteiger partial charge on any atom is -0.312 e. The van der Waals surface area contributed by atoms with E-state index in [-0.39, 0.29) is 0 Å². The Bertz CT molecular complexity index is 340. The summed E-state index contributed by atoms with van der Waals surface area (Å²) in [7, 11) is 4.18. The van der Waals surface area contributed by atoms with Gasteiger partial charge in [-0.25, -0.2) is 4.98 Å². The molecule has 1 N–H and O–H groups in total. The molecule has 90 valence electrons. The molecule has 0 saturated carbocycles. The summed E-state index contributed by atoms with van der Waals surface area (Å²) in [6, 6.07) is 0.869. The zero-order valence-electron chi connectivity index (χ0n) is 10.1. The first-order valence-electron chi connectivity index (χ1n) is 5.63. The second-order valence-corrected chi connectivity index (χ2v) is 6.23. The van der Waals surface area contributed by atoms with Crippen molar-refractivity contribution in [3.63, 3.8) is 0 Å². The molecule has 2 unspecified atom stereocenters. The molecule has 3 nitrogen and oxygen atoms in total. The summed E-state index contributed by atoms with van der Waals surface area (Å²) in [6.45, 7) is 3.32. The van der Waals surface area contributed by atoms with Gasteiger partial charge >= 0.3 is 0 Å². The molecule has 0 radical (unpaired) electrons. The lowest BCUT2D eigenvalue weighted by atomic mass is 10.2. The quantitative estimate of drug-likeness (QED) is 0.898. The number of nitrogens with one attached hydrogen (secondary N) is 1. The highest BCUT2D eigenvalue weighted by Gasteiger charge is 2.24. The molecule has 1 aliphatic heterocycles. The van der Waals surface area contributed by atoms with E-state index in [9.17, 15) is 0 Å². The maximum absolute atomic E-state index is 4.76. The third kappa shape index (κ3) is 2.59. The summed E-state index contributed by atoms with van der Waals surface area (Å²) in [5.41, 5.74) is 1.17. The Morgan fingerprint density at radius 1 is 1.62 bits per heavy atom. The zero-order chi connectivity index (χ0) is 11.5. The predicted octanol–water partition coefficient (Wildman–Crippen LogP) is 2.14. The van der Waals surface area contributed by atoms with Crippen molar-refractivity contribution in [1.29, 1.82) is 0 Å². The van der Waals surface area contributed by atoms with E-state index in [4.69, 9.17) is 4.98 Å². The highest BCUT2D eigenvalue weighted by atomic mass is 32.2. The standard InChI is InChI=1S/C11H19N3S2/c1-8(12-2)9-6-16-11(13-9)10-7-15-5-4-14(10)3/h6,8,10,12H,4-5,7H2,1-3H3. The summed E-state index contributed by atoms with van der Waals surface area (Å²) >= 11 is 3.83. The van der Waals surface area contributed by atoms with Gasteiger partial charge in [0.1, 0.15) is 5.01 Å². The number of aromatic nitrogens is 1. The molecule has 1 saturated heterocycles. The predicted molar refractivity (Wildman–Crippen MR) is 72.3 cm³/mol. The number of nitrogens with zero attached hydrogens (tertiary/aromatic N) is 2. The fourth-order valence-electron chi connectivity index (χ4n) is 1.75. The number of thiazole rings is 1. The zero-order valence-corrected chi connectivity index (χ0v) is 11.7. The highest BCUT2D eigenvalue weighted by Crippen LogP contribution is 2.31. The third-order valence-electron chi connectivity index (χ3n) is 3.10. The second-order valence-electron chi connectivity index (χ2n) is 4.19. The van der Waals surface area contributed by atoms with Crippen LogP contribution in [0.5, 0.6) is 0 Å². The van der Waals surface area contributed by atoms with Crippen molar-refractivity contribution < 1.29 is 0 Å². The second kappa shape index (κ2) is 5.49. The number of thioether (sulfide) groups is 1. The van der Waals surface area contributed by atoms with Gasteiger partial charge in [-0.1, -0.05) is 0 Å². The Kier molecular flexibility index (Phi) is 4.24. The van der Waals surface area contributed by atoms with Crippen molar-refractivity contribution in [2.75, 3.05) is 32.1 Å². The van der Waals surface area contributed by atoms with E-state index in [1.54, 1.807) is 11.3 Å². The average Bonchev–Trinajstić information content (AvgIpc) is 2.78. The van der Waals surface area contributed by atoms with Gasteiger partial charge in [0.2, 0.25) is 0 Å². The van der Waals surface area contributed by atoms with Gasteiger partial charge in [0.25, 0.3) is 0 Å². The molecule has 1 aromatic rings. The Morgan fingerprint density at radius 3 is 3.12 bits per heavy atom. The minimum atomic E-state index is 0.353. The summed E-state index contributed by atoms with van der Waals surface area (Å²) in [6.07, 6.45) is 0. The van der Waals surface area contributed by atoms with Crippen LogP contribution in [-0.4, -0.2) is 42.0 Å². The molecule has 2 heterocycles. The lowest BCUT2D eigenvalue weighted by Gasteiger charge is -2.30. The first-order chi connectivity index (χ1) is 7.72. The molecule has 0 amide bonds. The molecule has 5 heteroatoms. The molecule has 1 aromatic heterocycles. The van der Waals surface area contributed by atoms with E-state index in [0.717, 1.165) is 0 Å². The summed E-state index contributed by atoms with van der Waals surface area (Å²) in [4.78, 5) is 7.18. The maximum Gasteiger partial charge on any atom is 0.111 e. The summed E-state index contributed by atoms with van der Waals surface area (Å²) < 4.78 is 0. The molecular formula is C11H19N3S2. The topological polar surface area (TPSA) is 28.2 Å². The van der Waals surface area contributed by atoms with Crippen molar-refractivity contribution in [3.05, 3.63) is 16.1 Å². The van der Waals surface area contributed by atoms with Crippen LogP contribution in [0, 0.1) is 0 Å². The molecule has 0 aliphatic carbocycles. The number of rotatable bonds is 3. The molecule has 0 aromatic carbocycles. The highest BCUT2D eigenvalue weighted by molar-refractivity contribution is 7.99. The molecule has 1 fully saturated rings. The first-order valence-corrected chi connectivity index (χ1v) is 7.66. The summed E-state index contributed by atoms with van der Waals surface area (Å²) in [5.74, 6) is 2.43. The van der Waals surface area contributed by atoms with Crippen LogP contribution in [0.25, 0.3) is 0 Å². The summed E-state index contributed by atoms with van der Waals surface area (Å²) in [5, 5.41) is 6.69. The normalized spacial score (nSPS) is 24.6. The molecule has 1 aliphatic rings. The Labute approximate surface area is 106 Å². The van der Waals surface area contributed by atoms with Crippen LogP contribution in [0.2, 0.25) is 0 Å². The molecule has 2 atom stereocenters. The van der Waals surface area contributed by atoms with Gasteiger partial charge in [-0.3, -0.25) is 4.90 Å². The maximum atomic E-state index is 4.76. The molecule has 2 rings (SSSR count). The van der Waals surface area contributed by atoms with Gasteiger partial charge in [-0.05, 0) is 21.0 Å². The lowest BCUT2D eigenvalue weighted by molar-refractivity contribution is 0.273. The number of hydrogen-bond donors (Lipinski definition) is 1. The fraction of sp³-hybridized carbons (Fsp3) is 0.727. The van der Waals surface area contributed by atoms with Gasteiger partial charge < -0.3 is 5.32 Å². The van der Waals surface area contributed by atoms with Crippen molar-refractivity contribution in [1.82, 2.24) is 15.2 Å². The Morgan fingerprint density at radius 2 is 2.44 bits per heavy atom. The van der Waals surface area contributed by atoms with E-state index >= 15 is 0 Å². The van der Waals surface area contributed by atoms with Crippen molar-refractivity contribution in [2.24, 2.45) is 0 Å². The molecule has 0 bridgehead atoms. The van der Waals surface area contributed by atoms with Crippen LogP contribution in [0.15, 0.2) is 5.38 Å². The first kappa shape index (κ1) is 12.4. The van der Waals surface area contributed by atoms with Crippen LogP contribution in [0.1, 0.15) is 29.7 Å². The number of hydrogen-bond acceptors (Lipinski definition) is 5. The molecule has 16 heavy (non-hydrogen) atoms. The van der Waals surface area contributed by atoms with Gasteiger partial charge in [-0.2, -0.15) is 11.8 Å². The van der Waals surface area contributed by atoms with E-state index in [1.165, 1.54) is 28.8 Å². The monoisotopic (exact) mass is 257 g/mol. The van der Waals surface area contributed by atoms with Crippen LogP contribution in [0.4, 0.5) is 0 Å². The third-order valence-corrected chi connectivity index (χ3v) is 5.08. The van der Waals surface area contributed by atoms with Crippen molar-refractivity contribution in [2.45, 2.75) is 19.0 Å². The van der Waals surface area contributed by atoms with Crippen LogP contribution in [0.3, 0.4) is 0 Å². The largest absolute Gasteiger partial charge is 0.312 e. The minimum absolute atomic E-state index is 0.353. The van der Waals surface area contributed by atoms with Crippen LogP contribution in [-0.2, 0) is 0 Å². The lowest BCUT2D eigenvalue weighted by Crippen LogP contribution is -2.32. The van der Waals surface area contributed by atoms with Crippen molar-refractivity contribution in [3.8, 4) is 0 Å². The van der Waals surface area contributed by atoms with Gasteiger partial charge in [-0.15, -0.1) is 11.3 Å². The van der Waals surface area contributed by atoms with Crippen molar-refractivity contribution >= 4 is 23.1 Å². The van der Waals surface area contributed by atoms with Gasteiger partial charge in [0, 0.05) is 29.5 Å². The van der Waals surface area contributed by atoms with Gasteiger partial charge in [0.15, 0.2) is 0 Å². The molecular weight excluding hydrogens is 238 g/mol. The average molecular weight is 257 g/mol. The molecule has 0 spiro atoms. The van der Waals surface area contributed by atoms with E-state index in [1.807, 2.05) is 18.8 Å². The van der Waals surface area contributed by atoms with Crippen LogP contribution >= 0.6 is 23.1 Å². The van der Waals surface area contributed by atoms with Gasteiger partial charge in [0.05, 0.1) is 11.7 Å². The Balaban J connectivity index is 2.11. The SMILES string of the molecule is CNC(C)c1csc(C2CSCCN2C)n1. The van der Waals surface area contributed by atoms with E-state index < -0.39 is 0 Å². The van der Waals surface area contributed by atoms with E-state index in [0.29, 0.717) is 12.1 Å². The Hall–Kier alpha value is -0.100.